The molecule has 0 N–H and O–H groups in total. The Morgan fingerprint density at radius 3 is 1.15 bits per heavy atom. The lowest BCUT2D eigenvalue weighted by Gasteiger charge is -2.29. The highest BCUT2D eigenvalue weighted by molar-refractivity contribution is 6.10. The normalized spacial score (nSPS) is 12.4. The van der Waals surface area contributed by atoms with Crippen LogP contribution in [-0.4, -0.2) is 4.98 Å². The van der Waals surface area contributed by atoms with Crippen molar-refractivity contribution in [2.75, 3.05) is 0 Å². The number of hydrogen-bond donors (Lipinski definition) is 0. The molecular formula is C49H41NO2. The second kappa shape index (κ2) is 11.8. The summed E-state index contributed by atoms with van der Waals surface area (Å²) in [5.41, 5.74) is 14.4. The second-order valence-corrected chi connectivity index (χ2v) is 16.0. The number of para-hydroxylation sites is 4. The molecule has 0 aliphatic heterocycles. The number of fused-ring (bicyclic) bond motifs is 6. The molecule has 3 heteroatoms. The zero-order valence-corrected chi connectivity index (χ0v) is 30.5. The third-order valence-corrected chi connectivity index (χ3v) is 10.2. The van der Waals surface area contributed by atoms with E-state index in [1.54, 1.807) is 0 Å². The minimum absolute atomic E-state index is 0.193. The summed E-state index contributed by atoms with van der Waals surface area (Å²) in [5.74, 6) is 0. The molecule has 0 saturated heterocycles. The summed E-state index contributed by atoms with van der Waals surface area (Å²) in [7, 11) is 0. The van der Waals surface area contributed by atoms with Crippen LogP contribution in [0.4, 0.5) is 0 Å². The van der Waals surface area contributed by atoms with Crippen molar-refractivity contribution in [2.45, 2.75) is 52.4 Å². The maximum Gasteiger partial charge on any atom is 0.143 e. The Morgan fingerprint density at radius 1 is 0.365 bits per heavy atom. The van der Waals surface area contributed by atoms with Gasteiger partial charge in [-0.15, -0.1) is 0 Å². The van der Waals surface area contributed by atoms with E-state index in [4.69, 9.17) is 13.8 Å². The first-order chi connectivity index (χ1) is 25.0. The fourth-order valence-corrected chi connectivity index (χ4v) is 7.75. The van der Waals surface area contributed by atoms with Gasteiger partial charge in [0, 0.05) is 54.6 Å². The molecule has 3 nitrogen and oxygen atoms in total. The van der Waals surface area contributed by atoms with Gasteiger partial charge in [-0.3, -0.25) is 4.98 Å². The highest BCUT2D eigenvalue weighted by atomic mass is 16.3. The molecule has 0 radical (unpaired) electrons. The van der Waals surface area contributed by atoms with Gasteiger partial charge in [-0.25, -0.2) is 0 Å². The lowest BCUT2D eigenvalue weighted by atomic mass is 9.80. The van der Waals surface area contributed by atoms with Gasteiger partial charge >= 0.3 is 0 Å². The number of aromatic nitrogens is 1. The third-order valence-electron chi connectivity index (χ3n) is 10.2. The van der Waals surface area contributed by atoms with Crippen LogP contribution in [0.1, 0.15) is 52.9 Å². The topological polar surface area (TPSA) is 39.2 Å². The summed E-state index contributed by atoms with van der Waals surface area (Å²) >= 11 is 0. The predicted octanol–water partition coefficient (Wildman–Crippen LogP) is 14.1. The lowest BCUT2D eigenvalue weighted by molar-refractivity contribution is 0.534. The Hall–Kier alpha value is -5.93. The summed E-state index contributed by atoms with van der Waals surface area (Å²) in [6.45, 7) is 13.6. The zero-order valence-electron chi connectivity index (χ0n) is 30.5. The third kappa shape index (κ3) is 5.31. The van der Waals surface area contributed by atoms with Crippen molar-refractivity contribution in [3.63, 3.8) is 0 Å². The van der Waals surface area contributed by atoms with Crippen LogP contribution in [0, 0.1) is 0 Å². The molecule has 0 spiro atoms. The van der Waals surface area contributed by atoms with Crippen LogP contribution >= 0.6 is 0 Å². The minimum atomic E-state index is -0.193. The van der Waals surface area contributed by atoms with Crippen LogP contribution in [0.25, 0.3) is 88.4 Å². The molecule has 0 saturated carbocycles. The Bertz CT molecular complexity index is 2630. The molecule has 0 aliphatic carbocycles. The zero-order chi connectivity index (χ0) is 35.8. The quantitative estimate of drug-likeness (QED) is 0.186. The number of pyridine rings is 1. The summed E-state index contributed by atoms with van der Waals surface area (Å²) < 4.78 is 12.9. The summed E-state index contributed by atoms with van der Waals surface area (Å²) in [6, 6.07) is 49.5. The Kier molecular flexibility index (Phi) is 7.27. The average Bonchev–Trinajstić information content (AvgIpc) is 3.72. The largest absolute Gasteiger partial charge is 0.455 e. The number of benzene rings is 6. The Balaban J connectivity index is 1.23. The SMILES string of the molecule is CC(C)(C)c1nc(C(C)(C)C)c(-c2cccc(-c3cccc4c3oc3ccccc34)c2)cc1-c1cccc(-c2cccc3c2oc2ccccc23)c1. The molecule has 0 amide bonds. The van der Waals surface area contributed by atoms with E-state index < -0.39 is 0 Å². The van der Waals surface area contributed by atoms with Crippen LogP contribution < -0.4 is 0 Å². The average molecular weight is 676 g/mol. The molecule has 9 rings (SSSR count). The standard InChI is InChI=1S/C49H41NO2/c1-48(2,3)46-40(32-17-11-15-30(27-32)34-21-13-23-38-36-19-7-9-25-42(36)51-44(34)38)29-41(47(50-46)49(4,5)6)33-18-12-16-31(28-33)35-22-14-24-39-37-20-8-10-26-43(37)52-45(35)39/h7-29H,1-6H3. The van der Waals surface area contributed by atoms with Crippen LogP contribution in [0.5, 0.6) is 0 Å². The van der Waals surface area contributed by atoms with Gasteiger partial charge in [-0.1, -0.05) is 151 Å². The number of rotatable bonds is 4. The molecule has 3 aromatic heterocycles. The van der Waals surface area contributed by atoms with Gasteiger partial charge in [0.25, 0.3) is 0 Å². The van der Waals surface area contributed by atoms with Gasteiger partial charge in [0.2, 0.25) is 0 Å². The molecule has 0 bridgehead atoms. The van der Waals surface area contributed by atoms with Crippen LogP contribution in [-0.2, 0) is 10.8 Å². The van der Waals surface area contributed by atoms with Crippen LogP contribution in [0.3, 0.4) is 0 Å². The van der Waals surface area contributed by atoms with E-state index in [1.807, 2.05) is 24.3 Å². The first-order valence-corrected chi connectivity index (χ1v) is 18.1. The van der Waals surface area contributed by atoms with E-state index in [2.05, 4.69) is 157 Å². The van der Waals surface area contributed by atoms with Crippen molar-refractivity contribution in [3.8, 4) is 44.5 Å². The molecular weight excluding hydrogens is 635 g/mol. The highest BCUT2D eigenvalue weighted by Crippen LogP contribution is 2.43. The maximum absolute atomic E-state index is 6.46. The lowest BCUT2D eigenvalue weighted by Crippen LogP contribution is -2.22. The van der Waals surface area contributed by atoms with Crippen molar-refractivity contribution in [2.24, 2.45) is 0 Å². The van der Waals surface area contributed by atoms with E-state index in [-0.39, 0.29) is 10.8 Å². The van der Waals surface area contributed by atoms with Crippen molar-refractivity contribution in [1.82, 2.24) is 4.98 Å². The van der Waals surface area contributed by atoms with Crippen LogP contribution in [0.2, 0.25) is 0 Å². The molecule has 9 aromatic rings. The van der Waals surface area contributed by atoms with E-state index in [0.29, 0.717) is 0 Å². The van der Waals surface area contributed by atoms with E-state index in [1.165, 1.54) is 0 Å². The molecule has 0 atom stereocenters. The molecule has 0 unspecified atom stereocenters. The van der Waals surface area contributed by atoms with Crippen molar-refractivity contribution in [3.05, 3.63) is 151 Å². The minimum Gasteiger partial charge on any atom is -0.455 e. The Morgan fingerprint density at radius 2 is 0.731 bits per heavy atom. The molecule has 0 fully saturated rings. The van der Waals surface area contributed by atoms with Gasteiger partial charge in [-0.2, -0.15) is 0 Å². The summed E-state index contributed by atoms with van der Waals surface area (Å²) in [6.07, 6.45) is 0. The first-order valence-electron chi connectivity index (χ1n) is 18.1. The monoisotopic (exact) mass is 675 g/mol. The Labute approximate surface area is 304 Å². The van der Waals surface area contributed by atoms with Crippen molar-refractivity contribution in [1.29, 1.82) is 0 Å². The molecule has 254 valence electrons. The molecule has 3 heterocycles. The van der Waals surface area contributed by atoms with E-state index in [0.717, 1.165) is 99.8 Å². The molecule has 52 heavy (non-hydrogen) atoms. The van der Waals surface area contributed by atoms with Crippen molar-refractivity contribution < 1.29 is 8.83 Å². The number of nitrogens with zero attached hydrogens (tertiary/aromatic N) is 1. The molecule has 6 aromatic carbocycles. The highest BCUT2D eigenvalue weighted by Gasteiger charge is 2.29. The maximum atomic E-state index is 6.46. The van der Waals surface area contributed by atoms with E-state index in [9.17, 15) is 0 Å². The van der Waals surface area contributed by atoms with Gasteiger partial charge in [0.1, 0.15) is 22.3 Å². The number of furan rings is 2. The predicted molar refractivity (Wildman–Crippen MR) is 218 cm³/mol. The summed E-state index contributed by atoms with van der Waals surface area (Å²) in [4.78, 5) is 5.59. The molecule has 0 aliphatic rings. The summed E-state index contributed by atoms with van der Waals surface area (Å²) in [5, 5.41) is 4.53. The van der Waals surface area contributed by atoms with Gasteiger partial charge in [0.05, 0.1) is 11.4 Å². The van der Waals surface area contributed by atoms with E-state index >= 15 is 0 Å². The van der Waals surface area contributed by atoms with Gasteiger partial charge < -0.3 is 8.83 Å². The fraction of sp³-hybridized carbons (Fsp3) is 0.163. The first kappa shape index (κ1) is 32.0. The smallest absolute Gasteiger partial charge is 0.143 e. The van der Waals surface area contributed by atoms with Crippen molar-refractivity contribution >= 4 is 43.9 Å². The second-order valence-electron chi connectivity index (χ2n) is 16.0. The fourth-order valence-electron chi connectivity index (χ4n) is 7.75. The van der Waals surface area contributed by atoms with Crippen LogP contribution in [0.15, 0.2) is 148 Å². The van der Waals surface area contributed by atoms with Gasteiger partial charge in [-0.05, 0) is 52.6 Å². The number of hydrogen-bond acceptors (Lipinski definition) is 3. The van der Waals surface area contributed by atoms with Gasteiger partial charge in [0.15, 0.2) is 0 Å².